The van der Waals surface area contributed by atoms with Gasteiger partial charge >= 0.3 is 0 Å². The van der Waals surface area contributed by atoms with Gasteiger partial charge in [-0.05, 0) is 23.9 Å². The van der Waals surface area contributed by atoms with Crippen molar-refractivity contribution in [3.05, 3.63) is 64.7 Å². The predicted molar refractivity (Wildman–Crippen MR) is 101 cm³/mol. The van der Waals surface area contributed by atoms with E-state index >= 15 is 0 Å². The number of para-hydroxylation sites is 1. The fraction of sp³-hybridized carbons (Fsp3) is 0.167. The van der Waals surface area contributed by atoms with E-state index in [-0.39, 0.29) is 5.78 Å². The maximum atomic E-state index is 12.6. The molecule has 1 N–H and O–H groups in total. The highest BCUT2D eigenvalue weighted by atomic mass is 32.2. The Labute approximate surface area is 153 Å². The third-order valence-electron chi connectivity index (χ3n) is 3.98. The average Bonchev–Trinajstić information content (AvgIpc) is 3.38. The van der Waals surface area contributed by atoms with Crippen molar-refractivity contribution in [2.24, 2.45) is 0 Å². The van der Waals surface area contributed by atoms with Gasteiger partial charge in [0.25, 0.3) is 0 Å². The molecule has 0 aliphatic rings. The van der Waals surface area contributed by atoms with Crippen molar-refractivity contribution in [3.63, 3.8) is 0 Å². The molecular weight excluding hydrogens is 352 g/mol. The minimum Gasteiger partial charge on any atom is -0.360 e. The van der Waals surface area contributed by atoms with Crippen LogP contribution in [0.4, 0.5) is 0 Å². The molecule has 7 heteroatoms. The van der Waals surface area contributed by atoms with E-state index < -0.39 is 0 Å². The third-order valence-corrected chi connectivity index (χ3v) is 5.90. The zero-order chi connectivity index (χ0) is 17.1. The van der Waals surface area contributed by atoms with Gasteiger partial charge in [0.15, 0.2) is 10.9 Å². The maximum absolute atomic E-state index is 12.6. The summed E-state index contributed by atoms with van der Waals surface area (Å²) in [5, 5.41) is 12.0. The summed E-state index contributed by atoms with van der Waals surface area (Å²) in [6, 6.07) is 12.0. The third kappa shape index (κ3) is 3.52. The van der Waals surface area contributed by atoms with Crippen LogP contribution in [0.25, 0.3) is 10.9 Å². The molecule has 4 aromatic rings. The van der Waals surface area contributed by atoms with Crippen LogP contribution in [0.3, 0.4) is 0 Å². The number of carbonyl (C=O) groups excluding carboxylic acids is 1. The number of aromatic nitrogens is 4. The number of aryl methyl sites for hydroxylation is 2. The van der Waals surface area contributed by atoms with Crippen molar-refractivity contribution in [1.82, 2.24) is 19.7 Å². The Hall–Kier alpha value is -2.38. The molecule has 126 valence electrons. The number of hydrogen-bond donors (Lipinski definition) is 1. The van der Waals surface area contributed by atoms with Gasteiger partial charge < -0.3 is 9.55 Å². The molecule has 1 aromatic carbocycles. The maximum Gasteiger partial charge on any atom is 0.191 e. The van der Waals surface area contributed by atoms with Gasteiger partial charge in [0, 0.05) is 34.1 Å². The van der Waals surface area contributed by atoms with Gasteiger partial charge in [-0.3, -0.25) is 4.79 Å². The molecule has 0 bridgehead atoms. The number of thiophene rings is 1. The molecule has 5 nitrogen and oxygen atoms in total. The number of benzene rings is 1. The molecule has 0 saturated heterocycles. The number of hydrogen-bond acceptors (Lipinski definition) is 5. The van der Waals surface area contributed by atoms with Crippen LogP contribution >= 0.6 is 23.1 Å². The monoisotopic (exact) mass is 368 g/mol. The number of H-pyrrole nitrogens is 1. The number of nitrogens with zero attached hydrogens (tertiary/aromatic N) is 3. The summed E-state index contributed by atoms with van der Waals surface area (Å²) in [5.41, 5.74) is 1.71. The zero-order valence-electron chi connectivity index (χ0n) is 13.4. The lowest BCUT2D eigenvalue weighted by molar-refractivity contribution is 0.102. The highest BCUT2D eigenvalue weighted by Gasteiger charge is 2.14. The Morgan fingerprint density at radius 1 is 1.24 bits per heavy atom. The number of ketones is 1. The summed E-state index contributed by atoms with van der Waals surface area (Å²) in [6.45, 7) is 0.817. The molecule has 3 aromatic heterocycles. The van der Waals surface area contributed by atoms with Crippen LogP contribution < -0.4 is 0 Å². The van der Waals surface area contributed by atoms with Crippen LogP contribution in [-0.4, -0.2) is 31.3 Å². The number of carbonyl (C=O) groups is 1. The SMILES string of the molecule is O=C(CSc1nncn1CCc1cccs1)c1c[nH]c2ccccc12. The first-order chi connectivity index (χ1) is 12.3. The second-order valence-electron chi connectivity index (χ2n) is 5.60. The van der Waals surface area contributed by atoms with E-state index in [0.717, 1.165) is 34.6 Å². The summed E-state index contributed by atoms with van der Waals surface area (Å²) in [6.07, 6.45) is 4.46. The smallest absolute Gasteiger partial charge is 0.191 e. The molecule has 0 atom stereocenters. The highest BCUT2D eigenvalue weighted by Crippen LogP contribution is 2.22. The minimum atomic E-state index is 0.0928. The number of thioether (sulfide) groups is 1. The minimum absolute atomic E-state index is 0.0928. The Morgan fingerprint density at radius 3 is 3.04 bits per heavy atom. The number of nitrogens with one attached hydrogen (secondary N) is 1. The van der Waals surface area contributed by atoms with Gasteiger partial charge in [-0.1, -0.05) is 36.0 Å². The highest BCUT2D eigenvalue weighted by molar-refractivity contribution is 7.99. The lowest BCUT2D eigenvalue weighted by Gasteiger charge is -2.05. The Bertz CT molecular complexity index is 988. The van der Waals surface area contributed by atoms with E-state index in [2.05, 4.69) is 32.7 Å². The normalized spacial score (nSPS) is 11.2. The summed E-state index contributed by atoms with van der Waals surface area (Å²) < 4.78 is 2.01. The van der Waals surface area contributed by atoms with Crippen LogP contribution in [0, 0.1) is 0 Å². The standard InChI is InChI=1S/C18H16N4OS2/c23-17(15-10-19-16-6-2-1-5-14(15)16)11-25-18-21-20-12-22(18)8-7-13-4-3-9-24-13/h1-6,9-10,12,19H,7-8,11H2. The lowest BCUT2D eigenvalue weighted by Crippen LogP contribution is -2.05. The van der Waals surface area contributed by atoms with Gasteiger partial charge in [0.1, 0.15) is 6.33 Å². The summed E-state index contributed by atoms with van der Waals surface area (Å²) in [4.78, 5) is 17.1. The summed E-state index contributed by atoms with van der Waals surface area (Å²) >= 11 is 3.18. The van der Waals surface area contributed by atoms with Crippen molar-refractivity contribution in [3.8, 4) is 0 Å². The largest absolute Gasteiger partial charge is 0.360 e. The second kappa shape index (κ2) is 7.25. The van der Waals surface area contributed by atoms with Crippen LogP contribution in [0.1, 0.15) is 15.2 Å². The van der Waals surface area contributed by atoms with Crippen molar-refractivity contribution < 1.29 is 4.79 Å². The fourth-order valence-corrected chi connectivity index (χ4v) is 4.23. The predicted octanol–water partition coefficient (Wildman–Crippen LogP) is 4.04. The zero-order valence-corrected chi connectivity index (χ0v) is 15.0. The van der Waals surface area contributed by atoms with Gasteiger partial charge in [-0.2, -0.15) is 0 Å². The van der Waals surface area contributed by atoms with Gasteiger partial charge in [-0.15, -0.1) is 21.5 Å². The van der Waals surface area contributed by atoms with E-state index in [1.54, 1.807) is 23.9 Å². The molecular formula is C18H16N4OS2. The second-order valence-corrected chi connectivity index (χ2v) is 7.57. The molecule has 0 radical (unpaired) electrons. The first kappa shape index (κ1) is 16.1. The Morgan fingerprint density at radius 2 is 2.16 bits per heavy atom. The van der Waals surface area contributed by atoms with Gasteiger partial charge in [-0.25, -0.2) is 0 Å². The van der Waals surface area contributed by atoms with Crippen molar-refractivity contribution in [2.45, 2.75) is 18.1 Å². The Kier molecular flexibility index (Phi) is 4.67. The summed E-state index contributed by atoms with van der Waals surface area (Å²) in [7, 11) is 0. The fourth-order valence-electron chi connectivity index (χ4n) is 2.71. The van der Waals surface area contributed by atoms with Gasteiger partial charge in [0.2, 0.25) is 0 Å². The number of Topliss-reactive ketones (excluding diaryl/α,β-unsaturated/α-hetero) is 1. The molecule has 0 unspecified atom stereocenters. The topological polar surface area (TPSA) is 63.6 Å². The lowest BCUT2D eigenvalue weighted by atomic mass is 10.1. The van der Waals surface area contributed by atoms with E-state index in [0.29, 0.717) is 5.75 Å². The van der Waals surface area contributed by atoms with Crippen LogP contribution in [0.15, 0.2) is 59.5 Å². The van der Waals surface area contributed by atoms with E-state index in [9.17, 15) is 4.79 Å². The molecule has 0 amide bonds. The van der Waals surface area contributed by atoms with E-state index in [1.165, 1.54) is 16.6 Å². The molecule has 0 saturated carbocycles. The number of aromatic amines is 1. The van der Waals surface area contributed by atoms with Crippen LogP contribution in [-0.2, 0) is 13.0 Å². The van der Waals surface area contributed by atoms with Crippen LogP contribution in [0.2, 0.25) is 0 Å². The quantitative estimate of drug-likeness (QED) is 0.395. The summed E-state index contributed by atoms with van der Waals surface area (Å²) in [5.74, 6) is 0.440. The molecule has 0 fully saturated rings. The molecule has 4 rings (SSSR count). The van der Waals surface area contributed by atoms with E-state index in [1.807, 2.05) is 28.8 Å². The average molecular weight is 368 g/mol. The van der Waals surface area contributed by atoms with E-state index in [4.69, 9.17) is 0 Å². The van der Waals surface area contributed by atoms with Crippen LogP contribution in [0.5, 0.6) is 0 Å². The van der Waals surface area contributed by atoms with Crippen molar-refractivity contribution in [1.29, 1.82) is 0 Å². The molecule has 25 heavy (non-hydrogen) atoms. The molecule has 0 aliphatic carbocycles. The van der Waals surface area contributed by atoms with Crippen molar-refractivity contribution >= 4 is 39.8 Å². The molecule has 3 heterocycles. The van der Waals surface area contributed by atoms with Crippen molar-refractivity contribution in [2.75, 3.05) is 5.75 Å². The molecule has 0 aliphatic heterocycles. The number of rotatable bonds is 7. The Balaban J connectivity index is 1.41. The van der Waals surface area contributed by atoms with Gasteiger partial charge in [0.05, 0.1) is 5.75 Å². The first-order valence-electron chi connectivity index (χ1n) is 7.93. The number of fused-ring (bicyclic) bond motifs is 1. The first-order valence-corrected chi connectivity index (χ1v) is 9.80. The molecule has 0 spiro atoms.